The van der Waals surface area contributed by atoms with Crippen LogP contribution in [-0.4, -0.2) is 23.2 Å². The molecule has 0 saturated heterocycles. The van der Waals surface area contributed by atoms with Gasteiger partial charge in [-0.1, -0.05) is 5.16 Å². The molecule has 7 nitrogen and oxygen atoms in total. The van der Waals surface area contributed by atoms with E-state index < -0.39 is 5.97 Å². The Bertz CT molecular complexity index is 477. The molecule has 0 spiro atoms. The summed E-state index contributed by atoms with van der Waals surface area (Å²) >= 11 is 0. The van der Waals surface area contributed by atoms with E-state index in [1.807, 2.05) is 0 Å². The van der Waals surface area contributed by atoms with Crippen LogP contribution in [0.15, 0.2) is 27.5 Å². The third-order valence-corrected chi connectivity index (χ3v) is 2.04. The van der Waals surface area contributed by atoms with Gasteiger partial charge in [0.05, 0.1) is 20.2 Å². The van der Waals surface area contributed by atoms with Crippen molar-refractivity contribution in [1.82, 2.24) is 15.5 Å². The van der Waals surface area contributed by atoms with Gasteiger partial charge in [-0.2, -0.15) is 4.98 Å². The molecule has 90 valence electrons. The number of hydrogen-bond acceptors (Lipinski definition) is 7. The van der Waals surface area contributed by atoms with Gasteiger partial charge in [0.2, 0.25) is 12.2 Å². The maximum absolute atomic E-state index is 11.1. The van der Waals surface area contributed by atoms with Crippen LogP contribution in [0, 0.1) is 0 Å². The Hall–Kier alpha value is -2.15. The minimum Gasteiger partial charge on any atom is -0.463 e. The van der Waals surface area contributed by atoms with Gasteiger partial charge < -0.3 is 19.0 Å². The lowest BCUT2D eigenvalue weighted by Crippen LogP contribution is -2.13. The molecule has 2 aromatic rings. The number of aromatic nitrogens is 2. The van der Waals surface area contributed by atoms with Crippen molar-refractivity contribution in [3.63, 3.8) is 0 Å². The molecular formula is C10H11N3O4. The molecule has 0 saturated carbocycles. The average molecular weight is 237 g/mol. The van der Waals surface area contributed by atoms with Crippen molar-refractivity contribution in [2.24, 2.45) is 0 Å². The first-order chi connectivity index (χ1) is 8.29. The molecule has 17 heavy (non-hydrogen) atoms. The van der Waals surface area contributed by atoms with Crippen LogP contribution < -0.4 is 5.32 Å². The quantitative estimate of drug-likeness (QED) is 0.767. The lowest BCUT2D eigenvalue weighted by Gasteiger charge is -1.98. The SMILES string of the molecule is COC(=O)c1ccc(CNCc2ncon2)o1. The summed E-state index contributed by atoms with van der Waals surface area (Å²) in [5, 5.41) is 6.68. The molecule has 2 rings (SSSR count). The second-order valence-electron chi connectivity index (χ2n) is 3.21. The largest absolute Gasteiger partial charge is 0.463 e. The zero-order valence-corrected chi connectivity index (χ0v) is 9.17. The normalized spacial score (nSPS) is 10.4. The van der Waals surface area contributed by atoms with Gasteiger partial charge in [-0.05, 0) is 12.1 Å². The van der Waals surface area contributed by atoms with Gasteiger partial charge >= 0.3 is 5.97 Å². The Morgan fingerprint density at radius 2 is 2.35 bits per heavy atom. The predicted molar refractivity (Wildman–Crippen MR) is 54.9 cm³/mol. The molecule has 0 aliphatic carbocycles. The summed E-state index contributed by atoms with van der Waals surface area (Å²) in [5.74, 6) is 0.886. The van der Waals surface area contributed by atoms with Crippen molar-refractivity contribution in [3.8, 4) is 0 Å². The van der Waals surface area contributed by atoms with E-state index in [0.717, 1.165) is 0 Å². The first-order valence-electron chi connectivity index (χ1n) is 4.92. The van der Waals surface area contributed by atoms with Crippen molar-refractivity contribution in [2.45, 2.75) is 13.1 Å². The number of nitrogens with one attached hydrogen (secondary N) is 1. The van der Waals surface area contributed by atoms with Gasteiger partial charge in [-0.15, -0.1) is 0 Å². The predicted octanol–water partition coefficient (Wildman–Crippen LogP) is 0.739. The van der Waals surface area contributed by atoms with Gasteiger partial charge in [-0.3, -0.25) is 0 Å². The molecule has 0 amide bonds. The molecule has 2 aromatic heterocycles. The van der Waals surface area contributed by atoms with E-state index in [2.05, 4.69) is 24.7 Å². The molecule has 0 aliphatic rings. The van der Waals surface area contributed by atoms with Crippen LogP contribution in [0.25, 0.3) is 0 Å². The monoisotopic (exact) mass is 237 g/mol. The molecular weight excluding hydrogens is 226 g/mol. The van der Waals surface area contributed by atoms with Crippen LogP contribution in [0.3, 0.4) is 0 Å². The average Bonchev–Trinajstić information content (AvgIpc) is 2.99. The second kappa shape index (κ2) is 5.26. The minimum atomic E-state index is -0.491. The van der Waals surface area contributed by atoms with Crippen molar-refractivity contribution >= 4 is 5.97 Å². The van der Waals surface area contributed by atoms with E-state index in [0.29, 0.717) is 24.7 Å². The van der Waals surface area contributed by atoms with Crippen molar-refractivity contribution in [3.05, 3.63) is 35.9 Å². The summed E-state index contributed by atoms with van der Waals surface area (Å²) in [6.07, 6.45) is 1.26. The summed E-state index contributed by atoms with van der Waals surface area (Å²) in [5.41, 5.74) is 0. The Labute approximate surface area is 96.8 Å². The third-order valence-electron chi connectivity index (χ3n) is 2.04. The lowest BCUT2D eigenvalue weighted by molar-refractivity contribution is 0.0563. The highest BCUT2D eigenvalue weighted by Gasteiger charge is 2.10. The summed E-state index contributed by atoms with van der Waals surface area (Å²) < 4.78 is 14.4. The van der Waals surface area contributed by atoms with Gasteiger partial charge in [0, 0.05) is 0 Å². The number of carbonyl (C=O) groups excluding carboxylic acids is 1. The first-order valence-corrected chi connectivity index (χ1v) is 4.92. The van der Waals surface area contributed by atoms with Crippen LogP contribution in [0.2, 0.25) is 0 Å². The fourth-order valence-electron chi connectivity index (χ4n) is 1.25. The van der Waals surface area contributed by atoms with Crippen LogP contribution in [0.5, 0.6) is 0 Å². The third kappa shape index (κ3) is 2.91. The number of carbonyl (C=O) groups is 1. The maximum Gasteiger partial charge on any atom is 0.373 e. The van der Waals surface area contributed by atoms with Crippen LogP contribution >= 0.6 is 0 Å². The van der Waals surface area contributed by atoms with E-state index in [-0.39, 0.29) is 5.76 Å². The van der Waals surface area contributed by atoms with Crippen molar-refractivity contribution in [1.29, 1.82) is 0 Å². The summed E-state index contributed by atoms with van der Waals surface area (Å²) in [6, 6.07) is 3.27. The standard InChI is InChI=1S/C10H11N3O4/c1-15-10(14)8-3-2-7(17-8)4-11-5-9-12-6-16-13-9/h2-3,6,11H,4-5H2,1H3. The molecule has 0 radical (unpaired) electrons. The fourth-order valence-corrected chi connectivity index (χ4v) is 1.25. The van der Waals surface area contributed by atoms with E-state index >= 15 is 0 Å². The van der Waals surface area contributed by atoms with Crippen molar-refractivity contribution < 1.29 is 18.5 Å². The second-order valence-corrected chi connectivity index (χ2v) is 3.21. The molecule has 7 heteroatoms. The number of methoxy groups -OCH3 is 1. The van der Waals surface area contributed by atoms with Crippen LogP contribution in [0.4, 0.5) is 0 Å². The molecule has 1 N–H and O–H groups in total. The van der Waals surface area contributed by atoms with E-state index in [4.69, 9.17) is 4.42 Å². The number of nitrogens with zero attached hydrogens (tertiary/aromatic N) is 2. The minimum absolute atomic E-state index is 0.184. The Balaban J connectivity index is 1.83. The van der Waals surface area contributed by atoms with E-state index in [1.165, 1.54) is 13.5 Å². The number of esters is 1. The molecule has 0 aromatic carbocycles. The van der Waals surface area contributed by atoms with E-state index in [1.54, 1.807) is 12.1 Å². The Morgan fingerprint density at radius 1 is 1.47 bits per heavy atom. The summed E-state index contributed by atoms with van der Waals surface area (Å²) in [6.45, 7) is 0.927. The maximum atomic E-state index is 11.1. The highest BCUT2D eigenvalue weighted by atomic mass is 16.5. The van der Waals surface area contributed by atoms with E-state index in [9.17, 15) is 4.79 Å². The number of ether oxygens (including phenoxy) is 1. The molecule has 0 fully saturated rings. The fraction of sp³-hybridized carbons (Fsp3) is 0.300. The number of furan rings is 1. The molecule has 0 unspecified atom stereocenters. The lowest BCUT2D eigenvalue weighted by atomic mass is 10.4. The number of hydrogen-bond donors (Lipinski definition) is 1. The molecule has 0 bridgehead atoms. The van der Waals surface area contributed by atoms with Gasteiger partial charge in [0.15, 0.2) is 5.82 Å². The molecule has 0 atom stereocenters. The Morgan fingerprint density at radius 3 is 3.06 bits per heavy atom. The van der Waals surface area contributed by atoms with Gasteiger partial charge in [0.1, 0.15) is 5.76 Å². The zero-order chi connectivity index (χ0) is 12.1. The summed E-state index contributed by atoms with van der Waals surface area (Å²) in [4.78, 5) is 15.0. The zero-order valence-electron chi connectivity index (χ0n) is 9.17. The van der Waals surface area contributed by atoms with Crippen LogP contribution in [-0.2, 0) is 17.8 Å². The highest BCUT2D eigenvalue weighted by Crippen LogP contribution is 2.08. The van der Waals surface area contributed by atoms with Crippen molar-refractivity contribution in [2.75, 3.05) is 7.11 Å². The first kappa shape index (κ1) is 11.3. The van der Waals surface area contributed by atoms with Gasteiger partial charge in [-0.25, -0.2) is 4.79 Å². The topological polar surface area (TPSA) is 90.4 Å². The van der Waals surface area contributed by atoms with Gasteiger partial charge in [0.25, 0.3) is 0 Å². The summed E-state index contributed by atoms with van der Waals surface area (Å²) in [7, 11) is 1.30. The smallest absolute Gasteiger partial charge is 0.373 e. The van der Waals surface area contributed by atoms with Crippen LogP contribution in [0.1, 0.15) is 22.1 Å². The molecule has 2 heterocycles. The highest BCUT2D eigenvalue weighted by molar-refractivity contribution is 5.86. The number of rotatable bonds is 5. The molecule has 0 aliphatic heterocycles. The Kier molecular flexibility index (Phi) is 3.51.